The summed E-state index contributed by atoms with van der Waals surface area (Å²) in [4.78, 5) is 3.93. The first-order valence-corrected chi connectivity index (χ1v) is 6.01. The number of benzene rings is 1. The maximum atomic E-state index is 12.7. The summed E-state index contributed by atoms with van der Waals surface area (Å²) in [5.41, 5.74) is 5.63. The summed E-state index contributed by atoms with van der Waals surface area (Å²) < 4.78 is 38.2. The van der Waals surface area contributed by atoms with E-state index in [1.165, 1.54) is 12.1 Å². The van der Waals surface area contributed by atoms with E-state index in [-0.39, 0.29) is 12.1 Å². The molecule has 2 N–H and O–H groups in total. The molecule has 19 heavy (non-hydrogen) atoms. The summed E-state index contributed by atoms with van der Waals surface area (Å²) >= 11 is 0. The molecule has 0 saturated carbocycles. The molecule has 1 rings (SSSR count). The summed E-state index contributed by atoms with van der Waals surface area (Å²) in [6.45, 7) is 1.45. The van der Waals surface area contributed by atoms with Gasteiger partial charge in [0.25, 0.3) is 0 Å². The van der Waals surface area contributed by atoms with E-state index in [1.807, 2.05) is 30.9 Å². The van der Waals surface area contributed by atoms with E-state index < -0.39 is 11.7 Å². The number of nitrogens with two attached hydrogens (primary N) is 1. The van der Waals surface area contributed by atoms with Gasteiger partial charge in [-0.3, -0.25) is 0 Å². The molecule has 0 unspecified atom stereocenters. The second-order valence-corrected chi connectivity index (χ2v) is 4.77. The molecule has 6 heteroatoms. The Hall–Kier alpha value is -1.27. The van der Waals surface area contributed by atoms with Crippen LogP contribution in [0, 0.1) is 0 Å². The molecule has 108 valence electrons. The zero-order chi connectivity index (χ0) is 14.6. The Labute approximate surface area is 111 Å². The summed E-state index contributed by atoms with van der Waals surface area (Å²) in [6, 6.07) is 4.10. The standard InChI is InChI=1S/C13H20F3N3/c1-18(2)6-7-19(3)11-4-5-12(13(14,15)16)10(8-11)9-17/h4-5,8H,6-7,9,17H2,1-3H3. The quantitative estimate of drug-likeness (QED) is 0.894. The second-order valence-electron chi connectivity index (χ2n) is 4.77. The van der Waals surface area contributed by atoms with E-state index in [1.54, 1.807) is 0 Å². The average molecular weight is 275 g/mol. The van der Waals surface area contributed by atoms with Crippen molar-refractivity contribution in [2.75, 3.05) is 39.1 Å². The molecule has 0 aliphatic heterocycles. The molecule has 0 amide bonds. The number of nitrogens with zero attached hydrogens (tertiary/aromatic N) is 2. The number of alkyl halides is 3. The smallest absolute Gasteiger partial charge is 0.373 e. The number of anilines is 1. The molecule has 0 radical (unpaired) electrons. The van der Waals surface area contributed by atoms with Crippen LogP contribution in [0.1, 0.15) is 11.1 Å². The molecule has 1 aromatic rings. The fraction of sp³-hybridized carbons (Fsp3) is 0.538. The highest BCUT2D eigenvalue weighted by Gasteiger charge is 2.33. The summed E-state index contributed by atoms with van der Waals surface area (Å²) in [7, 11) is 5.75. The molecule has 0 fully saturated rings. The minimum Gasteiger partial charge on any atom is -0.373 e. The van der Waals surface area contributed by atoms with E-state index in [0.29, 0.717) is 0 Å². The Morgan fingerprint density at radius 3 is 2.21 bits per heavy atom. The van der Waals surface area contributed by atoms with Gasteiger partial charge in [-0.2, -0.15) is 13.2 Å². The highest BCUT2D eigenvalue weighted by atomic mass is 19.4. The van der Waals surface area contributed by atoms with Crippen molar-refractivity contribution < 1.29 is 13.2 Å². The summed E-state index contributed by atoms with van der Waals surface area (Å²) in [6.07, 6.45) is -4.35. The fourth-order valence-electron chi connectivity index (χ4n) is 1.74. The Kier molecular flexibility index (Phi) is 5.20. The normalized spacial score (nSPS) is 12.0. The van der Waals surface area contributed by atoms with Gasteiger partial charge in [-0.25, -0.2) is 0 Å². The highest BCUT2D eigenvalue weighted by molar-refractivity contribution is 5.51. The summed E-state index contributed by atoms with van der Waals surface area (Å²) in [5.74, 6) is 0. The van der Waals surface area contributed by atoms with Gasteiger partial charge in [-0.05, 0) is 37.9 Å². The van der Waals surface area contributed by atoms with Crippen LogP contribution in [-0.4, -0.2) is 39.1 Å². The van der Waals surface area contributed by atoms with Gasteiger partial charge in [-0.1, -0.05) is 0 Å². The van der Waals surface area contributed by atoms with E-state index in [2.05, 4.69) is 0 Å². The molecule has 0 spiro atoms. The van der Waals surface area contributed by atoms with Crippen LogP contribution in [0.15, 0.2) is 18.2 Å². The lowest BCUT2D eigenvalue weighted by Gasteiger charge is -2.23. The molecule has 1 aromatic carbocycles. The van der Waals surface area contributed by atoms with Crippen molar-refractivity contribution >= 4 is 5.69 Å². The fourth-order valence-corrected chi connectivity index (χ4v) is 1.74. The monoisotopic (exact) mass is 275 g/mol. The Bertz CT molecular complexity index is 416. The lowest BCUT2D eigenvalue weighted by molar-refractivity contribution is -0.138. The summed E-state index contributed by atoms with van der Waals surface area (Å²) in [5, 5.41) is 0. The minimum atomic E-state index is -4.35. The predicted molar refractivity (Wildman–Crippen MR) is 71.2 cm³/mol. The van der Waals surface area contributed by atoms with Gasteiger partial charge in [0.15, 0.2) is 0 Å². The highest BCUT2D eigenvalue weighted by Crippen LogP contribution is 2.33. The SMILES string of the molecule is CN(C)CCN(C)c1ccc(C(F)(F)F)c(CN)c1. The van der Waals surface area contributed by atoms with Gasteiger partial charge in [0.05, 0.1) is 5.56 Å². The molecule has 0 aliphatic rings. The number of hydrogen-bond donors (Lipinski definition) is 1. The Morgan fingerprint density at radius 1 is 1.11 bits per heavy atom. The molecular formula is C13H20F3N3. The van der Waals surface area contributed by atoms with Crippen molar-refractivity contribution in [1.29, 1.82) is 0 Å². The largest absolute Gasteiger partial charge is 0.416 e. The van der Waals surface area contributed by atoms with Gasteiger partial charge >= 0.3 is 6.18 Å². The van der Waals surface area contributed by atoms with E-state index in [4.69, 9.17) is 5.73 Å². The average Bonchev–Trinajstić information content (AvgIpc) is 2.33. The molecule has 0 heterocycles. The van der Waals surface area contributed by atoms with Gasteiger partial charge in [0.1, 0.15) is 0 Å². The van der Waals surface area contributed by atoms with Crippen LogP contribution < -0.4 is 10.6 Å². The first kappa shape index (κ1) is 15.8. The topological polar surface area (TPSA) is 32.5 Å². The van der Waals surface area contributed by atoms with Crippen LogP contribution in [0.2, 0.25) is 0 Å². The van der Waals surface area contributed by atoms with Crippen LogP contribution in [0.5, 0.6) is 0 Å². The van der Waals surface area contributed by atoms with Gasteiger partial charge in [-0.15, -0.1) is 0 Å². The third-order valence-corrected chi connectivity index (χ3v) is 2.94. The molecular weight excluding hydrogens is 255 g/mol. The molecule has 0 atom stereocenters. The van der Waals surface area contributed by atoms with Crippen LogP contribution in [-0.2, 0) is 12.7 Å². The van der Waals surface area contributed by atoms with Crippen molar-refractivity contribution in [3.05, 3.63) is 29.3 Å². The first-order valence-electron chi connectivity index (χ1n) is 6.01. The van der Waals surface area contributed by atoms with E-state index in [9.17, 15) is 13.2 Å². The maximum Gasteiger partial charge on any atom is 0.416 e. The molecule has 3 nitrogen and oxygen atoms in total. The first-order chi connectivity index (χ1) is 8.75. The number of rotatable bonds is 5. The zero-order valence-corrected chi connectivity index (χ0v) is 11.5. The van der Waals surface area contributed by atoms with Crippen molar-refractivity contribution in [1.82, 2.24) is 4.90 Å². The number of halogens is 3. The Balaban J connectivity index is 2.93. The lowest BCUT2D eigenvalue weighted by atomic mass is 10.1. The van der Waals surface area contributed by atoms with Gasteiger partial charge in [0.2, 0.25) is 0 Å². The van der Waals surface area contributed by atoms with Crippen molar-refractivity contribution in [3.8, 4) is 0 Å². The molecule has 0 saturated heterocycles. The van der Waals surface area contributed by atoms with Crippen LogP contribution in [0.25, 0.3) is 0 Å². The van der Waals surface area contributed by atoms with E-state index >= 15 is 0 Å². The Morgan fingerprint density at radius 2 is 1.74 bits per heavy atom. The predicted octanol–water partition coefficient (Wildman–Crippen LogP) is 2.16. The van der Waals surface area contributed by atoms with E-state index in [0.717, 1.165) is 24.8 Å². The maximum absolute atomic E-state index is 12.7. The number of hydrogen-bond acceptors (Lipinski definition) is 3. The van der Waals surface area contributed by atoms with Crippen molar-refractivity contribution in [2.24, 2.45) is 5.73 Å². The molecule has 0 aromatic heterocycles. The van der Waals surface area contributed by atoms with Crippen molar-refractivity contribution in [3.63, 3.8) is 0 Å². The molecule has 0 bridgehead atoms. The van der Waals surface area contributed by atoms with Crippen LogP contribution in [0.3, 0.4) is 0 Å². The molecule has 0 aliphatic carbocycles. The van der Waals surface area contributed by atoms with Crippen molar-refractivity contribution in [2.45, 2.75) is 12.7 Å². The zero-order valence-electron chi connectivity index (χ0n) is 11.5. The third kappa shape index (κ3) is 4.40. The number of likely N-dealkylation sites (N-methyl/N-ethyl adjacent to an activating group) is 2. The van der Waals surface area contributed by atoms with Crippen LogP contribution in [0.4, 0.5) is 18.9 Å². The second kappa shape index (κ2) is 6.25. The van der Waals surface area contributed by atoms with Gasteiger partial charge < -0.3 is 15.5 Å². The lowest BCUT2D eigenvalue weighted by Crippen LogP contribution is -2.28. The third-order valence-electron chi connectivity index (χ3n) is 2.94. The minimum absolute atomic E-state index is 0.121. The van der Waals surface area contributed by atoms with Crippen LogP contribution >= 0.6 is 0 Å². The van der Waals surface area contributed by atoms with Gasteiger partial charge in [0, 0.05) is 32.4 Å².